The highest BCUT2D eigenvalue weighted by Crippen LogP contribution is 2.38. The summed E-state index contributed by atoms with van der Waals surface area (Å²) >= 11 is 0. The maximum Gasteiger partial charge on any atom is 0.198 e. The monoisotopic (exact) mass is 330 g/mol. The van der Waals surface area contributed by atoms with E-state index < -0.39 is 11.5 Å². The largest absolute Gasteiger partial charge is 0.464 e. The van der Waals surface area contributed by atoms with E-state index in [2.05, 4.69) is 6.92 Å². The molecule has 1 heterocycles. The predicted octanol–water partition coefficient (Wildman–Crippen LogP) is 3.78. The Balaban J connectivity index is 2.22. The molecule has 0 aromatic carbocycles. The molecule has 0 aromatic rings. The molecule has 2 rings (SSSR count). The van der Waals surface area contributed by atoms with E-state index in [0.717, 1.165) is 24.8 Å². The Hall–Kier alpha value is -1.94. The number of ether oxygens (including phenoxy) is 1. The first-order valence-electron chi connectivity index (χ1n) is 8.62. The summed E-state index contributed by atoms with van der Waals surface area (Å²) in [4.78, 5) is 24.8. The van der Waals surface area contributed by atoms with Gasteiger partial charge in [-0.15, -0.1) is 0 Å². The second-order valence-corrected chi connectivity index (χ2v) is 6.60. The fourth-order valence-electron chi connectivity index (χ4n) is 3.03. The second-order valence-electron chi connectivity index (χ2n) is 6.60. The maximum absolute atomic E-state index is 12.6. The number of fused-ring (bicyclic) bond motifs is 1. The van der Waals surface area contributed by atoms with E-state index in [1.165, 1.54) is 13.2 Å². The topological polar surface area (TPSA) is 63.6 Å². The van der Waals surface area contributed by atoms with Crippen LogP contribution in [0.15, 0.2) is 47.5 Å². The molecule has 0 radical (unpaired) electrons. The number of hydrogen-bond donors (Lipinski definition) is 1. The minimum Gasteiger partial charge on any atom is -0.464 e. The van der Waals surface area contributed by atoms with Gasteiger partial charge in [-0.2, -0.15) is 0 Å². The van der Waals surface area contributed by atoms with Crippen LogP contribution in [0.4, 0.5) is 0 Å². The van der Waals surface area contributed by atoms with Crippen molar-refractivity contribution in [2.75, 3.05) is 0 Å². The number of hydrogen-bond acceptors (Lipinski definition) is 4. The number of aliphatic hydroxyl groups is 1. The van der Waals surface area contributed by atoms with Gasteiger partial charge in [0.2, 0.25) is 0 Å². The first-order valence-corrected chi connectivity index (χ1v) is 8.62. The lowest BCUT2D eigenvalue weighted by Gasteiger charge is -2.35. The highest BCUT2D eigenvalue weighted by molar-refractivity contribution is 6.07. The molecule has 1 aliphatic heterocycles. The van der Waals surface area contributed by atoms with E-state index in [9.17, 15) is 14.7 Å². The Kier molecular flexibility index (Phi) is 5.94. The smallest absolute Gasteiger partial charge is 0.198 e. The Morgan fingerprint density at radius 1 is 1.42 bits per heavy atom. The summed E-state index contributed by atoms with van der Waals surface area (Å²) in [7, 11) is 0. The lowest BCUT2D eigenvalue weighted by atomic mass is 9.72. The SMILES string of the molecule is C/C=C/C1=CC2=C[C@H](CC(=O)CCCCC)[C@@](C)(O)C(=O)C2=CO1. The average Bonchev–Trinajstić information content (AvgIpc) is 2.53. The fraction of sp³-hybridized carbons (Fsp3) is 0.500. The van der Waals surface area contributed by atoms with Crippen molar-refractivity contribution < 1.29 is 19.4 Å². The van der Waals surface area contributed by atoms with Gasteiger partial charge in [-0.3, -0.25) is 9.59 Å². The van der Waals surface area contributed by atoms with Crippen LogP contribution in [-0.2, 0) is 14.3 Å². The molecule has 0 unspecified atom stereocenters. The standard InChI is InChI=1S/C20H26O4/c1-4-6-7-9-16(21)12-15-10-14-11-17(8-5-2)24-13-18(14)19(22)20(15,3)23/h5,8,10-11,13,15,23H,4,6-7,9,12H2,1-3H3/b8-5+/t15-,20-/m1/s1. The molecule has 1 aliphatic carbocycles. The van der Waals surface area contributed by atoms with Gasteiger partial charge < -0.3 is 9.84 Å². The number of rotatable bonds is 7. The lowest BCUT2D eigenvalue weighted by Crippen LogP contribution is -2.47. The Labute approximate surface area is 143 Å². The van der Waals surface area contributed by atoms with Gasteiger partial charge >= 0.3 is 0 Å². The van der Waals surface area contributed by atoms with Crippen LogP contribution >= 0.6 is 0 Å². The van der Waals surface area contributed by atoms with Crippen molar-refractivity contribution in [3.8, 4) is 0 Å². The lowest BCUT2D eigenvalue weighted by molar-refractivity contribution is -0.137. The van der Waals surface area contributed by atoms with Gasteiger partial charge in [0.1, 0.15) is 23.4 Å². The van der Waals surface area contributed by atoms with Gasteiger partial charge in [0.25, 0.3) is 0 Å². The normalized spacial score (nSPS) is 26.4. The summed E-state index contributed by atoms with van der Waals surface area (Å²) in [6, 6.07) is 0. The third-order valence-corrected chi connectivity index (χ3v) is 4.57. The molecule has 0 amide bonds. The van der Waals surface area contributed by atoms with E-state index in [1.54, 1.807) is 12.2 Å². The van der Waals surface area contributed by atoms with E-state index in [0.29, 0.717) is 17.8 Å². The van der Waals surface area contributed by atoms with Gasteiger partial charge in [0, 0.05) is 18.8 Å². The molecule has 0 aromatic heterocycles. The van der Waals surface area contributed by atoms with Crippen molar-refractivity contribution in [3.05, 3.63) is 47.5 Å². The van der Waals surface area contributed by atoms with Gasteiger partial charge in [-0.1, -0.05) is 31.9 Å². The van der Waals surface area contributed by atoms with E-state index in [-0.39, 0.29) is 18.0 Å². The van der Waals surface area contributed by atoms with Gasteiger partial charge in [0.05, 0.1) is 5.57 Å². The van der Waals surface area contributed by atoms with Crippen LogP contribution in [0, 0.1) is 5.92 Å². The van der Waals surface area contributed by atoms with Crippen LogP contribution < -0.4 is 0 Å². The van der Waals surface area contributed by atoms with Crippen molar-refractivity contribution in [3.63, 3.8) is 0 Å². The molecule has 0 spiro atoms. The third-order valence-electron chi connectivity index (χ3n) is 4.57. The van der Waals surface area contributed by atoms with Crippen molar-refractivity contribution in [1.29, 1.82) is 0 Å². The quantitative estimate of drug-likeness (QED) is 0.722. The number of ketones is 2. The summed E-state index contributed by atoms with van der Waals surface area (Å²) in [5.41, 5.74) is -0.495. The second kappa shape index (κ2) is 7.75. The average molecular weight is 330 g/mol. The Morgan fingerprint density at radius 3 is 2.83 bits per heavy atom. The van der Waals surface area contributed by atoms with Gasteiger partial charge in [-0.05, 0) is 38.0 Å². The van der Waals surface area contributed by atoms with Crippen LogP contribution in [0.5, 0.6) is 0 Å². The molecule has 130 valence electrons. The predicted molar refractivity (Wildman–Crippen MR) is 93.0 cm³/mol. The van der Waals surface area contributed by atoms with Crippen molar-refractivity contribution in [1.82, 2.24) is 0 Å². The number of carbonyl (C=O) groups excluding carboxylic acids is 2. The molecular formula is C20H26O4. The highest BCUT2D eigenvalue weighted by Gasteiger charge is 2.45. The van der Waals surface area contributed by atoms with Crippen LogP contribution in [0.25, 0.3) is 0 Å². The van der Waals surface area contributed by atoms with Crippen LogP contribution in [0.2, 0.25) is 0 Å². The van der Waals surface area contributed by atoms with Crippen LogP contribution in [-0.4, -0.2) is 22.3 Å². The minimum absolute atomic E-state index is 0.0931. The molecule has 24 heavy (non-hydrogen) atoms. The summed E-state index contributed by atoms with van der Waals surface area (Å²) in [6.07, 6.45) is 12.3. The van der Waals surface area contributed by atoms with Crippen LogP contribution in [0.3, 0.4) is 0 Å². The van der Waals surface area contributed by atoms with Crippen molar-refractivity contribution >= 4 is 11.6 Å². The fourth-order valence-corrected chi connectivity index (χ4v) is 3.03. The maximum atomic E-state index is 12.6. The Bertz CT molecular complexity index is 632. The van der Waals surface area contributed by atoms with Crippen molar-refractivity contribution in [2.45, 2.75) is 58.5 Å². The molecule has 2 atom stereocenters. The number of carbonyl (C=O) groups is 2. The van der Waals surface area contributed by atoms with Gasteiger partial charge in [0.15, 0.2) is 5.78 Å². The van der Waals surface area contributed by atoms with Gasteiger partial charge in [-0.25, -0.2) is 0 Å². The molecular weight excluding hydrogens is 304 g/mol. The molecule has 1 N–H and O–H groups in total. The van der Waals surface area contributed by atoms with Crippen molar-refractivity contribution in [2.24, 2.45) is 5.92 Å². The molecule has 0 fully saturated rings. The molecule has 0 saturated carbocycles. The molecule has 0 bridgehead atoms. The zero-order chi connectivity index (χ0) is 17.7. The summed E-state index contributed by atoms with van der Waals surface area (Å²) in [5.74, 6) is -0.167. The molecule has 4 nitrogen and oxygen atoms in total. The van der Waals surface area contributed by atoms with E-state index >= 15 is 0 Å². The molecule has 4 heteroatoms. The van der Waals surface area contributed by atoms with Crippen LogP contribution in [0.1, 0.15) is 52.9 Å². The summed E-state index contributed by atoms with van der Waals surface area (Å²) < 4.78 is 5.41. The van der Waals surface area contributed by atoms with E-state index in [1.807, 2.05) is 19.1 Å². The number of Topliss-reactive ketones (excluding diaryl/α,β-unsaturated/α-hetero) is 2. The third kappa shape index (κ3) is 3.93. The number of unbranched alkanes of at least 4 members (excludes halogenated alkanes) is 2. The molecule has 2 aliphatic rings. The Morgan fingerprint density at radius 2 is 2.17 bits per heavy atom. The first kappa shape index (κ1) is 18.4. The zero-order valence-electron chi connectivity index (χ0n) is 14.7. The molecule has 0 saturated heterocycles. The number of allylic oxidation sites excluding steroid dienone is 4. The minimum atomic E-state index is -1.58. The highest BCUT2D eigenvalue weighted by atomic mass is 16.5. The van der Waals surface area contributed by atoms with E-state index in [4.69, 9.17) is 4.74 Å². The summed E-state index contributed by atoms with van der Waals surface area (Å²) in [6.45, 7) is 5.46. The zero-order valence-corrected chi connectivity index (χ0v) is 14.7. The summed E-state index contributed by atoms with van der Waals surface area (Å²) in [5, 5.41) is 10.7. The first-order chi connectivity index (χ1) is 11.4.